The molecule has 2 aromatic rings. The van der Waals surface area contributed by atoms with E-state index < -0.39 is 0 Å². The van der Waals surface area contributed by atoms with Crippen LogP contribution in [0, 0.1) is 0 Å². The fourth-order valence-electron chi connectivity index (χ4n) is 2.85. The third-order valence-corrected chi connectivity index (χ3v) is 4.04. The molecule has 1 fully saturated rings. The van der Waals surface area contributed by atoms with Gasteiger partial charge in [-0.25, -0.2) is 4.98 Å². The zero-order valence-electron chi connectivity index (χ0n) is 12.9. The van der Waals surface area contributed by atoms with Crippen molar-refractivity contribution in [1.29, 1.82) is 0 Å². The van der Waals surface area contributed by atoms with Gasteiger partial charge in [-0.05, 0) is 36.6 Å². The zero-order chi connectivity index (χ0) is 15.2. The summed E-state index contributed by atoms with van der Waals surface area (Å²) in [6, 6.07) is 8.62. The second-order valence-corrected chi connectivity index (χ2v) is 5.58. The van der Waals surface area contributed by atoms with E-state index in [9.17, 15) is 0 Å². The second-order valence-electron chi connectivity index (χ2n) is 5.58. The van der Waals surface area contributed by atoms with Crippen LogP contribution in [0.5, 0.6) is 5.88 Å². The van der Waals surface area contributed by atoms with Crippen molar-refractivity contribution in [2.45, 2.75) is 25.4 Å². The first kappa shape index (κ1) is 14.8. The van der Waals surface area contributed by atoms with Crippen LogP contribution in [0.2, 0.25) is 0 Å². The van der Waals surface area contributed by atoms with Gasteiger partial charge in [-0.1, -0.05) is 0 Å². The summed E-state index contributed by atoms with van der Waals surface area (Å²) in [5.41, 5.74) is 2.41. The van der Waals surface area contributed by atoms with Crippen LogP contribution in [0.4, 0.5) is 5.69 Å². The summed E-state index contributed by atoms with van der Waals surface area (Å²) in [7, 11) is 1.65. The predicted molar refractivity (Wildman–Crippen MR) is 87.1 cm³/mol. The van der Waals surface area contributed by atoms with Crippen LogP contribution >= 0.6 is 0 Å². The zero-order valence-corrected chi connectivity index (χ0v) is 12.9. The molecule has 5 nitrogen and oxygen atoms in total. The van der Waals surface area contributed by atoms with Crippen molar-refractivity contribution in [3.63, 3.8) is 0 Å². The van der Waals surface area contributed by atoms with Gasteiger partial charge in [0.2, 0.25) is 5.88 Å². The number of aromatic nitrogens is 2. The molecule has 1 aliphatic rings. The Bertz CT molecular complexity index is 590. The lowest BCUT2D eigenvalue weighted by atomic mass is 10.0. The molecule has 0 spiro atoms. The van der Waals surface area contributed by atoms with E-state index in [2.05, 4.69) is 26.3 Å². The largest absolute Gasteiger partial charge is 0.481 e. The molecule has 3 rings (SSSR count). The molecule has 0 bridgehead atoms. The van der Waals surface area contributed by atoms with Crippen molar-refractivity contribution in [2.75, 3.05) is 25.1 Å². The summed E-state index contributed by atoms with van der Waals surface area (Å²) < 4.78 is 5.17. The Balaban J connectivity index is 1.56. The van der Waals surface area contributed by atoms with Crippen molar-refractivity contribution >= 4 is 5.69 Å². The van der Waals surface area contributed by atoms with Crippen molar-refractivity contribution in [2.24, 2.45) is 0 Å². The minimum atomic E-state index is 0.494. The Morgan fingerprint density at radius 1 is 1.36 bits per heavy atom. The van der Waals surface area contributed by atoms with Crippen LogP contribution in [0.3, 0.4) is 0 Å². The molecule has 5 heteroatoms. The minimum Gasteiger partial charge on any atom is -0.481 e. The summed E-state index contributed by atoms with van der Waals surface area (Å²) in [4.78, 5) is 10.8. The Hall–Kier alpha value is -2.14. The van der Waals surface area contributed by atoms with E-state index in [1.54, 1.807) is 13.3 Å². The summed E-state index contributed by atoms with van der Waals surface area (Å²) in [6.45, 7) is 2.96. The highest BCUT2D eigenvalue weighted by atomic mass is 16.5. The lowest BCUT2D eigenvalue weighted by molar-refractivity contribution is 0.395. The van der Waals surface area contributed by atoms with Gasteiger partial charge in [0.15, 0.2) is 0 Å². The molecule has 0 aliphatic carbocycles. The van der Waals surface area contributed by atoms with Gasteiger partial charge in [0.1, 0.15) is 0 Å². The van der Waals surface area contributed by atoms with Crippen molar-refractivity contribution in [3.8, 4) is 5.88 Å². The fraction of sp³-hybridized carbons (Fsp3) is 0.412. The normalized spacial score (nSPS) is 18.2. The van der Waals surface area contributed by atoms with Crippen LogP contribution in [0.15, 0.2) is 42.9 Å². The van der Waals surface area contributed by atoms with E-state index in [1.807, 2.05) is 30.6 Å². The molecule has 0 amide bonds. The molecule has 0 saturated carbocycles. The maximum Gasteiger partial charge on any atom is 0.213 e. The first-order valence-electron chi connectivity index (χ1n) is 7.72. The Morgan fingerprint density at radius 2 is 2.32 bits per heavy atom. The molecular weight excluding hydrogens is 276 g/mol. The van der Waals surface area contributed by atoms with E-state index in [0.717, 1.165) is 19.6 Å². The van der Waals surface area contributed by atoms with Crippen LogP contribution in [0.1, 0.15) is 18.4 Å². The smallest absolute Gasteiger partial charge is 0.213 e. The van der Waals surface area contributed by atoms with Gasteiger partial charge in [0, 0.05) is 44.1 Å². The number of hydrogen-bond acceptors (Lipinski definition) is 5. The molecule has 3 heterocycles. The summed E-state index contributed by atoms with van der Waals surface area (Å²) >= 11 is 0. The molecule has 0 radical (unpaired) electrons. The van der Waals surface area contributed by atoms with E-state index in [-0.39, 0.29) is 0 Å². The highest BCUT2D eigenvalue weighted by molar-refractivity contribution is 5.44. The number of anilines is 1. The first-order chi connectivity index (χ1) is 10.8. The predicted octanol–water partition coefficient (Wildman–Crippen LogP) is 2.24. The Morgan fingerprint density at radius 3 is 3.14 bits per heavy atom. The van der Waals surface area contributed by atoms with Gasteiger partial charge in [0.05, 0.1) is 19.0 Å². The fourth-order valence-corrected chi connectivity index (χ4v) is 2.85. The molecule has 1 N–H and O–H groups in total. The third kappa shape index (κ3) is 3.74. The van der Waals surface area contributed by atoms with Crippen LogP contribution in [-0.4, -0.2) is 36.2 Å². The number of nitrogens with one attached hydrogen (secondary N) is 1. The average molecular weight is 298 g/mol. The van der Waals surface area contributed by atoms with Gasteiger partial charge >= 0.3 is 0 Å². The molecule has 1 saturated heterocycles. The minimum absolute atomic E-state index is 0.494. The van der Waals surface area contributed by atoms with Gasteiger partial charge in [-0.2, -0.15) is 0 Å². The molecule has 116 valence electrons. The summed E-state index contributed by atoms with van der Waals surface area (Å²) in [6.07, 6.45) is 7.96. The van der Waals surface area contributed by atoms with Gasteiger partial charge < -0.3 is 15.0 Å². The number of ether oxygens (including phenoxy) is 1. The van der Waals surface area contributed by atoms with E-state index in [1.165, 1.54) is 24.1 Å². The van der Waals surface area contributed by atoms with E-state index in [0.29, 0.717) is 11.9 Å². The number of hydrogen-bond donors (Lipinski definition) is 1. The van der Waals surface area contributed by atoms with Gasteiger partial charge in [0.25, 0.3) is 0 Å². The molecular formula is C17H22N4O. The summed E-state index contributed by atoms with van der Waals surface area (Å²) in [5, 5.41) is 3.64. The molecule has 2 aromatic heterocycles. The number of pyridine rings is 2. The maximum absolute atomic E-state index is 5.17. The molecule has 1 atom stereocenters. The standard InChI is InChI=1S/C17H22N4O/c1-22-17-10-14(6-8-19-17)11-20-15-4-3-9-21(13-15)16-5-2-7-18-12-16/h2,5-8,10,12,15,20H,3-4,9,11,13H2,1H3. The SMILES string of the molecule is COc1cc(CNC2CCCN(c3cccnc3)C2)ccn1. The molecule has 0 aromatic carbocycles. The maximum atomic E-state index is 5.17. The van der Waals surface area contributed by atoms with Crippen LogP contribution in [0.25, 0.3) is 0 Å². The summed E-state index contributed by atoms with van der Waals surface area (Å²) in [5.74, 6) is 0.667. The number of nitrogens with zero attached hydrogens (tertiary/aromatic N) is 3. The third-order valence-electron chi connectivity index (χ3n) is 4.04. The Kier molecular flexibility index (Phi) is 4.85. The van der Waals surface area contributed by atoms with Crippen LogP contribution < -0.4 is 15.0 Å². The second kappa shape index (κ2) is 7.22. The Labute approximate surface area is 131 Å². The quantitative estimate of drug-likeness (QED) is 0.917. The monoisotopic (exact) mass is 298 g/mol. The molecule has 22 heavy (non-hydrogen) atoms. The first-order valence-corrected chi connectivity index (χ1v) is 7.72. The lowest BCUT2D eigenvalue weighted by Crippen LogP contribution is -2.45. The number of piperidine rings is 1. The van der Waals surface area contributed by atoms with E-state index in [4.69, 9.17) is 4.74 Å². The van der Waals surface area contributed by atoms with Crippen molar-refractivity contribution < 1.29 is 4.74 Å². The van der Waals surface area contributed by atoms with Gasteiger partial charge in [-0.15, -0.1) is 0 Å². The molecule has 1 unspecified atom stereocenters. The molecule has 1 aliphatic heterocycles. The van der Waals surface area contributed by atoms with Crippen LogP contribution in [-0.2, 0) is 6.54 Å². The lowest BCUT2D eigenvalue weighted by Gasteiger charge is -2.34. The highest BCUT2D eigenvalue weighted by Gasteiger charge is 2.19. The number of methoxy groups -OCH3 is 1. The van der Waals surface area contributed by atoms with Gasteiger partial charge in [-0.3, -0.25) is 4.98 Å². The number of rotatable bonds is 5. The average Bonchev–Trinajstić information content (AvgIpc) is 2.61. The van der Waals surface area contributed by atoms with Crippen molar-refractivity contribution in [1.82, 2.24) is 15.3 Å². The van der Waals surface area contributed by atoms with Crippen molar-refractivity contribution in [3.05, 3.63) is 48.4 Å². The van der Waals surface area contributed by atoms with E-state index >= 15 is 0 Å². The highest BCUT2D eigenvalue weighted by Crippen LogP contribution is 2.19. The topological polar surface area (TPSA) is 50.3 Å².